The summed E-state index contributed by atoms with van der Waals surface area (Å²) in [6.07, 6.45) is 6.89. The number of fused-ring (bicyclic) bond motifs is 3. The number of carbonyl (C=O) groups excluding carboxylic acids is 1. The van der Waals surface area contributed by atoms with E-state index in [9.17, 15) is 24.3 Å². The van der Waals surface area contributed by atoms with E-state index in [1.54, 1.807) is 0 Å². The van der Waals surface area contributed by atoms with Crippen molar-refractivity contribution in [2.75, 3.05) is 18.5 Å². The van der Waals surface area contributed by atoms with Crippen molar-refractivity contribution in [3.8, 4) is 0 Å². The number of nitrogens with two attached hydrogens (primary N) is 1. The van der Waals surface area contributed by atoms with Gasteiger partial charge in [0.15, 0.2) is 9.92 Å². The maximum absolute atomic E-state index is 13.0. The molecule has 9 nitrogen and oxygen atoms in total. The predicted octanol–water partition coefficient (Wildman–Crippen LogP) is 1.71. The van der Waals surface area contributed by atoms with Crippen LogP contribution in [0.2, 0.25) is 0 Å². The average Bonchev–Trinajstić information content (AvgIpc) is 3.14. The molecule has 0 aliphatic heterocycles. The van der Waals surface area contributed by atoms with Gasteiger partial charge in [-0.2, -0.15) is 0 Å². The number of amides is 2. The minimum absolute atomic E-state index is 0.0742. The van der Waals surface area contributed by atoms with Gasteiger partial charge in [0.2, 0.25) is 0 Å². The SMILES string of the molecule is NS(=O)(=NC(=O)Nc1c2c(nc3c1CCC31CC1)CCC2)c1cc(C(O)(CO)CO)cs1. The lowest BCUT2D eigenvalue weighted by atomic mass is 9.99. The van der Waals surface area contributed by atoms with Crippen LogP contribution in [0.25, 0.3) is 0 Å². The van der Waals surface area contributed by atoms with Crippen LogP contribution < -0.4 is 10.5 Å². The molecule has 3 aliphatic rings. The lowest BCUT2D eigenvalue weighted by Crippen LogP contribution is -2.33. The highest BCUT2D eigenvalue weighted by molar-refractivity contribution is 7.93. The molecule has 1 atom stereocenters. The number of carbonyl (C=O) groups is 1. The second-order valence-corrected chi connectivity index (χ2v) is 11.9. The van der Waals surface area contributed by atoms with Crippen molar-refractivity contribution in [2.24, 2.45) is 9.50 Å². The van der Waals surface area contributed by atoms with E-state index in [1.165, 1.54) is 11.4 Å². The lowest BCUT2D eigenvalue weighted by molar-refractivity contribution is -0.0596. The third kappa shape index (κ3) is 3.47. The monoisotopic (exact) mass is 478 g/mol. The van der Waals surface area contributed by atoms with Crippen molar-refractivity contribution in [3.05, 3.63) is 39.5 Å². The summed E-state index contributed by atoms with van der Waals surface area (Å²) in [5.41, 5.74) is 3.48. The minimum Gasteiger partial charge on any atom is -0.393 e. The van der Waals surface area contributed by atoms with Crippen LogP contribution in [0.1, 0.15) is 53.8 Å². The van der Waals surface area contributed by atoms with Crippen molar-refractivity contribution in [3.63, 3.8) is 0 Å². The summed E-state index contributed by atoms with van der Waals surface area (Å²) >= 11 is 0.944. The van der Waals surface area contributed by atoms with Gasteiger partial charge in [-0.05, 0) is 67.5 Å². The largest absolute Gasteiger partial charge is 0.393 e. The highest BCUT2D eigenvalue weighted by atomic mass is 32.2. The topological polar surface area (TPSA) is 158 Å². The first-order chi connectivity index (χ1) is 15.2. The molecular formula is C21H26N4O5S2. The molecule has 0 saturated heterocycles. The maximum atomic E-state index is 13.0. The fraction of sp³-hybridized carbons (Fsp3) is 0.524. The minimum atomic E-state index is -3.58. The quantitative estimate of drug-likeness (QED) is 0.440. The Balaban J connectivity index is 1.46. The van der Waals surface area contributed by atoms with Gasteiger partial charge in [-0.15, -0.1) is 15.7 Å². The first kappa shape index (κ1) is 21.9. The molecule has 0 aromatic carbocycles. The summed E-state index contributed by atoms with van der Waals surface area (Å²) in [5, 5.41) is 39.1. The molecule has 1 spiro atoms. The van der Waals surface area contributed by atoms with Crippen LogP contribution in [-0.4, -0.2) is 43.8 Å². The van der Waals surface area contributed by atoms with Crippen LogP contribution in [0.4, 0.5) is 10.5 Å². The molecule has 0 radical (unpaired) electrons. The van der Waals surface area contributed by atoms with E-state index < -0.39 is 34.8 Å². The summed E-state index contributed by atoms with van der Waals surface area (Å²) < 4.78 is 16.9. The number of anilines is 1. The van der Waals surface area contributed by atoms with E-state index >= 15 is 0 Å². The van der Waals surface area contributed by atoms with Crippen LogP contribution in [0.3, 0.4) is 0 Å². The van der Waals surface area contributed by atoms with Gasteiger partial charge in [-0.1, -0.05) is 0 Å². The fourth-order valence-electron chi connectivity index (χ4n) is 4.82. The Hall–Kier alpha value is -1.89. The number of hydrogen-bond donors (Lipinski definition) is 5. The Bertz CT molecular complexity index is 1220. The Labute approximate surface area is 190 Å². The Morgan fingerprint density at radius 1 is 1.25 bits per heavy atom. The van der Waals surface area contributed by atoms with Crippen molar-refractivity contribution in [1.29, 1.82) is 0 Å². The molecule has 2 heterocycles. The Morgan fingerprint density at radius 2 is 2.00 bits per heavy atom. The number of rotatable bonds is 5. The standard InChI is InChI=1S/C21H26N4O5S2/c22-32(30,16-8-12(9-31-16)21(29,10-26)11-27)25-19(28)24-17-13-2-1-3-15(13)23-18-14(17)4-5-20(18)6-7-20/h8-9,26-27,29H,1-7,10-11H2,(H3,22,23,24,25,28,30). The van der Waals surface area contributed by atoms with E-state index in [0.717, 1.165) is 84.5 Å². The molecule has 1 unspecified atom stereocenters. The van der Waals surface area contributed by atoms with Gasteiger partial charge in [-0.25, -0.2) is 14.1 Å². The summed E-state index contributed by atoms with van der Waals surface area (Å²) in [6, 6.07) is 0.515. The van der Waals surface area contributed by atoms with E-state index in [-0.39, 0.29) is 15.2 Å². The molecule has 2 amide bonds. The van der Waals surface area contributed by atoms with Crippen LogP contribution in [0.5, 0.6) is 0 Å². The average molecular weight is 479 g/mol. The van der Waals surface area contributed by atoms with Gasteiger partial charge in [0.1, 0.15) is 9.81 Å². The number of thiophene rings is 1. The summed E-state index contributed by atoms with van der Waals surface area (Å²) in [6.45, 7) is -1.44. The van der Waals surface area contributed by atoms with Gasteiger partial charge in [0.25, 0.3) is 0 Å². The van der Waals surface area contributed by atoms with E-state index in [1.807, 2.05) is 0 Å². The number of aliphatic hydroxyl groups is 3. The molecule has 32 heavy (non-hydrogen) atoms. The van der Waals surface area contributed by atoms with Gasteiger partial charge in [0, 0.05) is 16.7 Å². The van der Waals surface area contributed by atoms with E-state index in [4.69, 9.17) is 10.1 Å². The first-order valence-corrected chi connectivity index (χ1v) is 13.1. The number of urea groups is 1. The Kier molecular flexibility index (Phi) is 5.19. The molecule has 2 aromatic rings. The zero-order valence-corrected chi connectivity index (χ0v) is 19.1. The smallest absolute Gasteiger partial charge is 0.354 e. The molecule has 2 aromatic heterocycles. The van der Waals surface area contributed by atoms with Crippen LogP contribution in [0.15, 0.2) is 20.0 Å². The van der Waals surface area contributed by atoms with Gasteiger partial charge in [0.05, 0.1) is 24.6 Å². The van der Waals surface area contributed by atoms with Crippen molar-refractivity contribution < 1.29 is 24.3 Å². The van der Waals surface area contributed by atoms with Crippen LogP contribution in [0, 0.1) is 0 Å². The molecule has 1 fully saturated rings. The third-order valence-electron chi connectivity index (χ3n) is 6.91. The van der Waals surface area contributed by atoms with E-state index in [2.05, 4.69) is 9.68 Å². The molecule has 5 rings (SSSR count). The molecule has 11 heteroatoms. The number of aryl methyl sites for hydroxylation is 1. The maximum Gasteiger partial charge on any atom is 0.354 e. The molecule has 1 saturated carbocycles. The second kappa shape index (κ2) is 7.57. The van der Waals surface area contributed by atoms with Crippen LogP contribution >= 0.6 is 11.3 Å². The predicted molar refractivity (Wildman–Crippen MR) is 120 cm³/mol. The fourth-order valence-corrected chi connectivity index (χ4v) is 7.03. The zero-order valence-electron chi connectivity index (χ0n) is 17.5. The van der Waals surface area contributed by atoms with Crippen molar-refractivity contribution in [2.45, 2.75) is 60.2 Å². The summed E-state index contributed by atoms with van der Waals surface area (Å²) in [5.74, 6) is 0. The summed E-state index contributed by atoms with van der Waals surface area (Å²) in [4.78, 5) is 17.8. The number of hydrogen-bond acceptors (Lipinski definition) is 7. The normalized spacial score (nSPS) is 20.0. The number of nitrogens with zero attached hydrogens (tertiary/aromatic N) is 2. The van der Waals surface area contributed by atoms with Crippen LogP contribution in [-0.2, 0) is 40.2 Å². The number of aliphatic hydroxyl groups excluding tert-OH is 2. The lowest BCUT2D eigenvalue weighted by Gasteiger charge is -2.21. The second-order valence-electron chi connectivity index (χ2n) is 8.97. The molecule has 3 aliphatic carbocycles. The van der Waals surface area contributed by atoms with Gasteiger partial charge < -0.3 is 20.6 Å². The Morgan fingerprint density at radius 3 is 2.69 bits per heavy atom. The molecule has 172 valence electrons. The molecular weight excluding hydrogens is 452 g/mol. The number of pyridine rings is 1. The third-order valence-corrected chi connectivity index (χ3v) is 9.77. The zero-order chi connectivity index (χ0) is 22.7. The highest BCUT2D eigenvalue weighted by Crippen LogP contribution is 2.58. The first-order valence-electron chi connectivity index (χ1n) is 10.7. The number of aromatic nitrogens is 1. The molecule has 0 bridgehead atoms. The van der Waals surface area contributed by atoms with E-state index in [0.29, 0.717) is 0 Å². The summed E-state index contributed by atoms with van der Waals surface area (Å²) in [7, 11) is -3.58. The van der Waals surface area contributed by atoms with Crippen molar-refractivity contribution in [1.82, 2.24) is 4.98 Å². The van der Waals surface area contributed by atoms with Gasteiger partial charge in [-0.3, -0.25) is 4.98 Å². The van der Waals surface area contributed by atoms with Crippen molar-refractivity contribution >= 4 is 33.0 Å². The highest BCUT2D eigenvalue weighted by Gasteiger charge is 2.51. The molecule has 6 N–H and O–H groups in total. The van der Waals surface area contributed by atoms with Gasteiger partial charge >= 0.3 is 6.03 Å². The number of nitrogens with one attached hydrogen (secondary N) is 1.